The van der Waals surface area contributed by atoms with Crippen molar-refractivity contribution in [2.45, 2.75) is 39.8 Å². The largest absolute Gasteiger partial charge is 0.411 e. The molecule has 2 N–H and O–H groups in total. The highest BCUT2D eigenvalue weighted by atomic mass is 16.4. The third-order valence-corrected chi connectivity index (χ3v) is 5.28. The van der Waals surface area contributed by atoms with Crippen LogP contribution in [-0.2, 0) is 0 Å². The lowest BCUT2D eigenvalue weighted by Crippen LogP contribution is -2.46. The van der Waals surface area contributed by atoms with E-state index in [1.807, 2.05) is 0 Å². The molecular weight excluding hydrogens is 296 g/mol. The van der Waals surface area contributed by atoms with Gasteiger partial charge in [-0.1, -0.05) is 78.7 Å². The third kappa shape index (κ3) is 3.09. The highest BCUT2D eigenvalue weighted by Gasteiger charge is 2.39. The topological polar surface area (TPSA) is 44.6 Å². The van der Waals surface area contributed by atoms with Gasteiger partial charge in [0.1, 0.15) is 0 Å². The normalized spacial score (nSPS) is 28.9. The average molecular weight is 322 g/mol. The number of nitrogens with one attached hydrogen (secondary N) is 1. The molecule has 1 saturated heterocycles. The predicted octanol–water partition coefficient (Wildman–Crippen LogP) is 4.79. The maximum atomic E-state index is 9.61. The monoisotopic (exact) mass is 322 g/mol. The zero-order chi connectivity index (χ0) is 17.3. The number of aryl methyl sites for hydroxylation is 2. The summed E-state index contributed by atoms with van der Waals surface area (Å²) in [5, 5.41) is 17.1. The Morgan fingerprint density at radius 3 is 1.46 bits per heavy atom. The van der Waals surface area contributed by atoms with Crippen molar-refractivity contribution in [2.75, 3.05) is 0 Å². The molecule has 2 aromatic rings. The number of nitrogens with zero attached hydrogens (tertiary/aromatic N) is 1. The molecule has 3 nitrogen and oxygen atoms in total. The van der Waals surface area contributed by atoms with Gasteiger partial charge in [-0.05, 0) is 25.0 Å². The van der Waals surface area contributed by atoms with Gasteiger partial charge in [0.25, 0.3) is 0 Å². The van der Waals surface area contributed by atoms with Gasteiger partial charge in [0, 0.05) is 23.9 Å². The van der Waals surface area contributed by atoms with Crippen molar-refractivity contribution in [2.24, 2.45) is 17.0 Å². The Hall–Kier alpha value is -2.13. The summed E-state index contributed by atoms with van der Waals surface area (Å²) >= 11 is 0. The SMILES string of the molecule is Cc1ccc([C@H]2N[C@@H](c3ccc(C)cc3)[C@H](C)C(=NO)[C@@H]2C)cc1. The second-order valence-electron chi connectivity index (χ2n) is 7.05. The summed E-state index contributed by atoms with van der Waals surface area (Å²) < 4.78 is 0. The van der Waals surface area contributed by atoms with Crippen LogP contribution in [0.5, 0.6) is 0 Å². The summed E-state index contributed by atoms with van der Waals surface area (Å²) in [6.07, 6.45) is 0. The molecule has 0 radical (unpaired) electrons. The number of benzene rings is 2. The zero-order valence-electron chi connectivity index (χ0n) is 14.8. The van der Waals surface area contributed by atoms with Crippen LogP contribution in [0.4, 0.5) is 0 Å². The highest BCUT2D eigenvalue weighted by Crippen LogP contribution is 2.38. The molecule has 3 heteroatoms. The Morgan fingerprint density at radius 2 is 1.12 bits per heavy atom. The van der Waals surface area contributed by atoms with Crippen molar-refractivity contribution in [1.82, 2.24) is 5.32 Å². The molecule has 4 atom stereocenters. The molecule has 0 saturated carbocycles. The van der Waals surface area contributed by atoms with Gasteiger partial charge in [-0.2, -0.15) is 0 Å². The fourth-order valence-electron chi connectivity index (χ4n) is 3.74. The molecule has 126 valence electrons. The van der Waals surface area contributed by atoms with E-state index in [0.29, 0.717) is 0 Å². The summed E-state index contributed by atoms with van der Waals surface area (Å²) in [5.74, 6) is 0.295. The van der Waals surface area contributed by atoms with E-state index in [1.54, 1.807) is 0 Å². The maximum absolute atomic E-state index is 9.61. The molecule has 0 spiro atoms. The van der Waals surface area contributed by atoms with E-state index < -0.39 is 0 Å². The van der Waals surface area contributed by atoms with Crippen molar-refractivity contribution in [3.8, 4) is 0 Å². The zero-order valence-corrected chi connectivity index (χ0v) is 14.8. The van der Waals surface area contributed by atoms with Gasteiger partial charge in [0.15, 0.2) is 0 Å². The van der Waals surface area contributed by atoms with Crippen LogP contribution >= 0.6 is 0 Å². The third-order valence-electron chi connectivity index (χ3n) is 5.28. The van der Waals surface area contributed by atoms with Gasteiger partial charge in [-0.3, -0.25) is 0 Å². The molecule has 1 aliphatic rings. The molecule has 1 heterocycles. The van der Waals surface area contributed by atoms with Gasteiger partial charge in [0.2, 0.25) is 0 Å². The first-order valence-electron chi connectivity index (χ1n) is 8.62. The van der Waals surface area contributed by atoms with Gasteiger partial charge in [-0.25, -0.2) is 0 Å². The molecule has 0 bridgehead atoms. The van der Waals surface area contributed by atoms with Gasteiger partial charge in [-0.15, -0.1) is 0 Å². The van der Waals surface area contributed by atoms with Crippen LogP contribution in [0.3, 0.4) is 0 Å². The van der Waals surface area contributed by atoms with Crippen LogP contribution < -0.4 is 5.32 Å². The fraction of sp³-hybridized carbons (Fsp3) is 0.381. The molecule has 3 rings (SSSR count). The summed E-state index contributed by atoms with van der Waals surface area (Å²) in [4.78, 5) is 0. The molecule has 0 aromatic heterocycles. The summed E-state index contributed by atoms with van der Waals surface area (Å²) in [6, 6.07) is 17.5. The van der Waals surface area contributed by atoms with E-state index in [-0.39, 0.29) is 23.9 Å². The van der Waals surface area contributed by atoms with E-state index in [9.17, 15) is 5.21 Å². The first kappa shape index (κ1) is 16.7. The minimum Gasteiger partial charge on any atom is -0.411 e. The van der Waals surface area contributed by atoms with Crippen molar-refractivity contribution in [3.05, 3.63) is 70.8 Å². The Labute approximate surface area is 144 Å². The van der Waals surface area contributed by atoms with Gasteiger partial charge < -0.3 is 10.5 Å². The summed E-state index contributed by atoms with van der Waals surface area (Å²) in [7, 11) is 0. The second kappa shape index (κ2) is 6.78. The lowest BCUT2D eigenvalue weighted by molar-refractivity contribution is 0.271. The van der Waals surface area contributed by atoms with Crippen molar-refractivity contribution in [3.63, 3.8) is 0 Å². The smallest absolute Gasteiger partial charge is 0.0664 e. The number of oxime groups is 1. The van der Waals surface area contributed by atoms with Crippen LogP contribution in [0.15, 0.2) is 53.7 Å². The van der Waals surface area contributed by atoms with Gasteiger partial charge in [0.05, 0.1) is 5.71 Å². The first-order valence-corrected chi connectivity index (χ1v) is 8.62. The highest BCUT2D eigenvalue weighted by molar-refractivity contribution is 5.90. The van der Waals surface area contributed by atoms with Crippen LogP contribution in [0.2, 0.25) is 0 Å². The van der Waals surface area contributed by atoms with Crippen LogP contribution in [0.1, 0.15) is 48.2 Å². The molecule has 2 aromatic carbocycles. The lowest BCUT2D eigenvalue weighted by Gasteiger charge is -2.41. The molecule has 0 amide bonds. The molecule has 1 aliphatic heterocycles. The lowest BCUT2D eigenvalue weighted by atomic mass is 9.75. The molecule has 0 unspecified atom stereocenters. The molecule has 24 heavy (non-hydrogen) atoms. The van der Waals surface area contributed by atoms with Gasteiger partial charge >= 0.3 is 0 Å². The predicted molar refractivity (Wildman–Crippen MR) is 98.5 cm³/mol. The van der Waals surface area contributed by atoms with E-state index >= 15 is 0 Å². The van der Waals surface area contributed by atoms with E-state index in [0.717, 1.165) is 5.71 Å². The number of rotatable bonds is 2. The number of hydrogen-bond acceptors (Lipinski definition) is 3. The summed E-state index contributed by atoms with van der Waals surface area (Å²) in [5.41, 5.74) is 5.84. The van der Waals surface area contributed by atoms with Crippen LogP contribution in [-0.4, -0.2) is 10.9 Å². The van der Waals surface area contributed by atoms with Crippen molar-refractivity contribution in [1.29, 1.82) is 0 Å². The minimum absolute atomic E-state index is 0.138. The Bertz CT molecular complexity index is 659. The average Bonchev–Trinajstić information content (AvgIpc) is 2.58. The fourth-order valence-corrected chi connectivity index (χ4v) is 3.74. The standard InChI is InChI=1S/C21H26N2O/c1-13-5-9-17(10-6-13)20-15(3)19(23-24)16(4)21(22-20)18-11-7-14(2)8-12-18/h5-12,15-16,20-22,24H,1-4H3/t15-,16+,20-,21+. The number of hydrogen-bond donors (Lipinski definition) is 2. The Balaban J connectivity index is 1.98. The summed E-state index contributed by atoms with van der Waals surface area (Å²) in [6.45, 7) is 8.46. The molecule has 1 fully saturated rings. The molecular formula is C21H26N2O. The van der Waals surface area contributed by atoms with Crippen LogP contribution in [0, 0.1) is 25.7 Å². The van der Waals surface area contributed by atoms with E-state index in [2.05, 4.69) is 86.7 Å². The Kier molecular flexibility index (Phi) is 4.72. The van der Waals surface area contributed by atoms with E-state index in [4.69, 9.17) is 0 Å². The second-order valence-corrected chi connectivity index (χ2v) is 7.05. The van der Waals surface area contributed by atoms with Crippen molar-refractivity contribution < 1.29 is 5.21 Å². The van der Waals surface area contributed by atoms with Crippen LogP contribution in [0.25, 0.3) is 0 Å². The first-order chi connectivity index (χ1) is 11.5. The number of piperidine rings is 1. The van der Waals surface area contributed by atoms with Crippen molar-refractivity contribution >= 4 is 5.71 Å². The van der Waals surface area contributed by atoms with E-state index in [1.165, 1.54) is 22.3 Å². The maximum Gasteiger partial charge on any atom is 0.0664 e. The quantitative estimate of drug-likeness (QED) is 0.616. The minimum atomic E-state index is 0.138. The molecule has 0 aliphatic carbocycles. The Morgan fingerprint density at radius 1 is 0.750 bits per heavy atom.